The maximum Gasteiger partial charge on any atom is 0.161 e. The number of hydrogen-bond acceptors (Lipinski definition) is 4. The van der Waals surface area contributed by atoms with Crippen molar-refractivity contribution in [2.24, 2.45) is 0 Å². The van der Waals surface area contributed by atoms with Gasteiger partial charge in [0.1, 0.15) is 0 Å². The molecule has 1 rings (SSSR count). The molecule has 0 radical (unpaired) electrons. The van der Waals surface area contributed by atoms with Crippen LogP contribution in [0, 0.1) is 0 Å². The molecule has 0 aliphatic rings. The number of aromatic hydroxyl groups is 1. The predicted octanol–water partition coefficient (Wildman–Crippen LogP) is 2.34. The van der Waals surface area contributed by atoms with Crippen LogP contribution in [-0.2, 0) is 15.9 Å². The lowest BCUT2D eigenvalue weighted by Crippen LogP contribution is -2.20. The topological polar surface area (TPSA) is 47.9 Å². The highest BCUT2D eigenvalue weighted by Gasteiger charge is 2.11. The van der Waals surface area contributed by atoms with Crippen molar-refractivity contribution in [2.45, 2.75) is 26.6 Å². The summed E-state index contributed by atoms with van der Waals surface area (Å²) >= 11 is 0. The Morgan fingerprint density at radius 1 is 1.18 bits per heavy atom. The molecule has 1 aromatic rings. The molecule has 0 spiro atoms. The van der Waals surface area contributed by atoms with Crippen LogP contribution < -0.4 is 4.74 Å². The molecule has 0 bridgehead atoms. The normalized spacial score (nSPS) is 10.8. The Hall–Kier alpha value is -1.26. The monoisotopic (exact) mass is 240 g/mol. The molecule has 0 saturated carbocycles. The second kappa shape index (κ2) is 7.14. The lowest BCUT2D eigenvalue weighted by molar-refractivity contribution is -0.134. The molecule has 4 heteroatoms. The van der Waals surface area contributed by atoms with Gasteiger partial charge in [0.15, 0.2) is 17.8 Å². The third-order valence-corrected chi connectivity index (χ3v) is 2.35. The minimum Gasteiger partial charge on any atom is -0.504 e. The summed E-state index contributed by atoms with van der Waals surface area (Å²) in [5, 5.41) is 9.49. The van der Waals surface area contributed by atoms with Crippen molar-refractivity contribution in [1.82, 2.24) is 0 Å². The third-order valence-electron chi connectivity index (χ3n) is 2.35. The van der Waals surface area contributed by atoms with Crippen LogP contribution in [0.1, 0.15) is 19.4 Å². The Balaban J connectivity index is 2.71. The summed E-state index contributed by atoms with van der Waals surface area (Å²) in [5.74, 6) is 0.606. The van der Waals surface area contributed by atoms with E-state index >= 15 is 0 Å². The second-order valence-corrected chi connectivity index (χ2v) is 3.55. The molecule has 17 heavy (non-hydrogen) atoms. The van der Waals surface area contributed by atoms with Gasteiger partial charge in [0.25, 0.3) is 0 Å². The zero-order valence-electron chi connectivity index (χ0n) is 10.6. The van der Waals surface area contributed by atoms with E-state index in [9.17, 15) is 5.11 Å². The highest BCUT2D eigenvalue weighted by Crippen LogP contribution is 2.27. The molecule has 0 aliphatic heterocycles. The number of hydrogen-bond donors (Lipinski definition) is 1. The fourth-order valence-electron chi connectivity index (χ4n) is 1.58. The first-order valence-corrected chi connectivity index (χ1v) is 5.80. The van der Waals surface area contributed by atoms with Gasteiger partial charge >= 0.3 is 0 Å². The van der Waals surface area contributed by atoms with E-state index in [4.69, 9.17) is 14.2 Å². The molecule has 0 atom stereocenters. The van der Waals surface area contributed by atoms with Crippen LogP contribution in [0.4, 0.5) is 0 Å². The van der Waals surface area contributed by atoms with E-state index < -0.39 is 0 Å². The first-order valence-electron chi connectivity index (χ1n) is 5.80. The minimum atomic E-state index is -0.251. The maximum absolute atomic E-state index is 9.49. The standard InChI is InChI=1S/C13H20O4/c1-4-16-13(17-5-2)9-10-6-7-11(14)12(8-10)15-3/h6-8,13-14H,4-5,9H2,1-3H3. The number of ether oxygens (including phenoxy) is 3. The predicted molar refractivity (Wildman–Crippen MR) is 65.4 cm³/mol. The van der Waals surface area contributed by atoms with Gasteiger partial charge in [-0.05, 0) is 31.5 Å². The number of phenols is 1. The largest absolute Gasteiger partial charge is 0.504 e. The van der Waals surface area contributed by atoms with Crippen molar-refractivity contribution in [2.75, 3.05) is 20.3 Å². The summed E-state index contributed by atoms with van der Waals surface area (Å²) in [5.41, 5.74) is 1.01. The lowest BCUT2D eigenvalue weighted by atomic mass is 10.1. The SMILES string of the molecule is CCOC(Cc1ccc(O)c(OC)c1)OCC. The van der Waals surface area contributed by atoms with Crippen molar-refractivity contribution in [3.63, 3.8) is 0 Å². The average Bonchev–Trinajstić information content (AvgIpc) is 2.32. The number of rotatable bonds is 7. The van der Waals surface area contributed by atoms with Crippen LogP contribution in [0.5, 0.6) is 11.5 Å². The Morgan fingerprint density at radius 3 is 2.35 bits per heavy atom. The summed E-state index contributed by atoms with van der Waals surface area (Å²) in [7, 11) is 1.53. The van der Waals surface area contributed by atoms with Gasteiger partial charge < -0.3 is 19.3 Å². The first-order chi connectivity index (χ1) is 8.21. The van der Waals surface area contributed by atoms with Gasteiger partial charge in [-0.15, -0.1) is 0 Å². The second-order valence-electron chi connectivity index (χ2n) is 3.55. The van der Waals surface area contributed by atoms with Crippen molar-refractivity contribution >= 4 is 0 Å². The molecule has 0 heterocycles. The number of phenolic OH excluding ortho intramolecular Hbond substituents is 1. The van der Waals surface area contributed by atoms with Gasteiger partial charge in [0, 0.05) is 19.6 Å². The highest BCUT2D eigenvalue weighted by molar-refractivity contribution is 5.41. The van der Waals surface area contributed by atoms with E-state index in [1.807, 2.05) is 19.9 Å². The zero-order chi connectivity index (χ0) is 12.7. The minimum absolute atomic E-state index is 0.139. The van der Waals surface area contributed by atoms with E-state index in [1.165, 1.54) is 7.11 Å². The van der Waals surface area contributed by atoms with Gasteiger partial charge in [-0.25, -0.2) is 0 Å². The summed E-state index contributed by atoms with van der Waals surface area (Å²) in [6, 6.07) is 5.24. The van der Waals surface area contributed by atoms with Crippen LogP contribution in [0.2, 0.25) is 0 Å². The van der Waals surface area contributed by atoms with Crippen molar-refractivity contribution < 1.29 is 19.3 Å². The molecular formula is C13H20O4. The maximum atomic E-state index is 9.49. The van der Waals surface area contributed by atoms with Gasteiger partial charge in [-0.2, -0.15) is 0 Å². The Morgan fingerprint density at radius 2 is 1.82 bits per heavy atom. The van der Waals surface area contributed by atoms with E-state index in [0.717, 1.165) is 5.56 Å². The van der Waals surface area contributed by atoms with E-state index in [2.05, 4.69) is 0 Å². The molecule has 96 valence electrons. The van der Waals surface area contributed by atoms with Crippen molar-refractivity contribution in [3.8, 4) is 11.5 Å². The Labute approximate surface area is 102 Å². The molecule has 0 fully saturated rings. The smallest absolute Gasteiger partial charge is 0.161 e. The van der Waals surface area contributed by atoms with Crippen LogP contribution in [0.15, 0.2) is 18.2 Å². The molecule has 0 aromatic heterocycles. The fourth-order valence-corrected chi connectivity index (χ4v) is 1.58. The van der Waals surface area contributed by atoms with Crippen LogP contribution in [0.3, 0.4) is 0 Å². The lowest BCUT2D eigenvalue weighted by Gasteiger charge is -2.17. The van der Waals surface area contributed by atoms with Crippen LogP contribution in [-0.4, -0.2) is 31.7 Å². The summed E-state index contributed by atoms with van der Waals surface area (Å²) in [4.78, 5) is 0. The Bertz CT molecular complexity index is 332. The molecular weight excluding hydrogens is 220 g/mol. The molecule has 0 unspecified atom stereocenters. The summed E-state index contributed by atoms with van der Waals surface area (Å²) in [6.07, 6.45) is 0.387. The van der Waals surface area contributed by atoms with E-state index in [1.54, 1.807) is 12.1 Å². The summed E-state index contributed by atoms with van der Waals surface area (Å²) < 4.78 is 16.0. The van der Waals surface area contributed by atoms with Crippen LogP contribution in [0.25, 0.3) is 0 Å². The molecule has 0 aliphatic carbocycles. The van der Waals surface area contributed by atoms with Crippen LogP contribution >= 0.6 is 0 Å². The highest BCUT2D eigenvalue weighted by atomic mass is 16.7. The fraction of sp³-hybridized carbons (Fsp3) is 0.538. The average molecular weight is 240 g/mol. The first kappa shape index (κ1) is 13.8. The van der Waals surface area contributed by atoms with E-state index in [-0.39, 0.29) is 12.0 Å². The number of methoxy groups -OCH3 is 1. The molecule has 1 aromatic carbocycles. The molecule has 1 N–H and O–H groups in total. The van der Waals surface area contributed by atoms with Gasteiger partial charge in [0.05, 0.1) is 7.11 Å². The molecule has 0 amide bonds. The Kier molecular flexibility index (Phi) is 5.80. The van der Waals surface area contributed by atoms with Crippen molar-refractivity contribution in [1.29, 1.82) is 0 Å². The van der Waals surface area contributed by atoms with Gasteiger partial charge in [0.2, 0.25) is 0 Å². The molecule has 0 saturated heterocycles. The third kappa shape index (κ3) is 4.24. The zero-order valence-corrected chi connectivity index (χ0v) is 10.6. The number of benzene rings is 1. The van der Waals surface area contributed by atoms with Crippen molar-refractivity contribution in [3.05, 3.63) is 23.8 Å². The quantitative estimate of drug-likeness (QED) is 0.743. The van der Waals surface area contributed by atoms with Gasteiger partial charge in [-0.1, -0.05) is 6.07 Å². The molecule has 4 nitrogen and oxygen atoms in total. The summed E-state index contributed by atoms with van der Waals surface area (Å²) in [6.45, 7) is 5.09. The van der Waals surface area contributed by atoms with Gasteiger partial charge in [-0.3, -0.25) is 0 Å². The van der Waals surface area contributed by atoms with E-state index in [0.29, 0.717) is 25.4 Å².